The minimum atomic E-state index is -4.73. The summed E-state index contributed by atoms with van der Waals surface area (Å²) in [6, 6.07) is 13.0. The van der Waals surface area contributed by atoms with Crippen molar-refractivity contribution in [2.45, 2.75) is 12.8 Å². The molecule has 1 N–H and O–H groups in total. The van der Waals surface area contributed by atoms with Crippen LogP contribution in [0.4, 0.5) is 19.0 Å². The second kappa shape index (κ2) is 7.81. The Hall–Kier alpha value is -3.16. The highest BCUT2D eigenvalue weighted by atomic mass is 19.4. The number of pyridine rings is 1. The topological polar surface area (TPSA) is 59.9 Å². The molecule has 5 nitrogen and oxygen atoms in total. The van der Waals surface area contributed by atoms with Gasteiger partial charge in [0.1, 0.15) is 17.9 Å². The third-order valence-electron chi connectivity index (χ3n) is 3.44. The van der Waals surface area contributed by atoms with Gasteiger partial charge in [-0.15, -0.1) is 13.2 Å². The highest BCUT2D eigenvalue weighted by molar-refractivity contribution is 5.63. The van der Waals surface area contributed by atoms with E-state index in [1.54, 1.807) is 18.3 Å². The summed E-state index contributed by atoms with van der Waals surface area (Å²) in [6.07, 6.45) is -0.929. The molecule has 2 aromatic heterocycles. The third-order valence-corrected chi connectivity index (χ3v) is 3.44. The molecule has 0 saturated carbocycles. The average Bonchev–Trinajstić information content (AvgIpc) is 2.62. The van der Waals surface area contributed by atoms with Gasteiger partial charge in [-0.1, -0.05) is 18.2 Å². The maximum absolute atomic E-state index is 12.4. The predicted octanol–water partition coefficient (Wildman–Crippen LogP) is 4.09. The molecule has 0 bridgehead atoms. The van der Waals surface area contributed by atoms with Crippen LogP contribution < -0.4 is 10.1 Å². The molecule has 0 aliphatic carbocycles. The van der Waals surface area contributed by atoms with E-state index in [4.69, 9.17) is 0 Å². The van der Waals surface area contributed by atoms with E-state index in [-0.39, 0.29) is 5.75 Å². The summed E-state index contributed by atoms with van der Waals surface area (Å²) in [5.74, 6) is 0.284. The first kappa shape index (κ1) is 17.7. The Morgan fingerprint density at radius 3 is 2.62 bits per heavy atom. The second-order valence-corrected chi connectivity index (χ2v) is 5.36. The van der Waals surface area contributed by atoms with E-state index in [1.165, 1.54) is 24.5 Å². The number of rotatable bonds is 6. The molecule has 0 radical (unpaired) electrons. The molecule has 2 heterocycles. The van der Waals surface area contributed by atoms with Crippen LogP contribution in [0, 0.1) is 0 Å². The minimum Gasteiger partial charge on any atom is -0.406 e. The summed E-state index contributed by atoms with van der Waals surface area (Å²) in [5, 5.41) is 3.15. The lowest BCUT2D eigenvalue weighted by Crippen LogP contribution is -2.17. The van der Waals surface area contributed by atoms with E-state index in [0.29, 0.717) is 23.6 Å². The molecule has 0 spiro atoms. The lowest BCUT2D eigenvalue weighted by molar-refractivity contribution is -0.274. The summed E-state index contributed by atoms with van der Waals surface area (Å²) < 4.78 is 41.0. The van der Waals surface area contributed by atoms with Crippen LogP contribution in [-0.4, -0.2) is 27.9 Å². The number of ether oxygens (including phenoxy) is 1. The summed E-state index contributed by atoms with van der Waals surface area (Å²) in [6.45, 7) is 0.616. The highest BCUT2D eigenvalue weighted by Gasteiger charge is 2.31. The predicted molar refractivity (Wildman–Crippen MR) is 90.6 cm³/mol. The molecule has 134 valence electrons. The van der Waals surface area contributed by atoms with Crippen molar-refractivity contribution in [3.63, 3.8) is 0 Å². The molecule has 26 heavy (non-hydrogen) atoms. The van der Waals surface area contributed by atoms with Crippen molar-refractivity contribution in [1.29, 1.82) is 0 Å². The Morgan fingerprint density at radius 2 is 1.85 bits per heavy atom. The maximum atomic E-state index is 12.4. The molecule has 0 amide bonds. The molecule has 0 fully saturated rings. The van der Waals surface area contributed by atoms with Gasteiger partial charge in [0.05, 0.1) is 5.69 Å². The van der Waals surface area contributed by atoms with E-state index in [9.17, 15) is 13.2 Å². The van der Waals surface area contributed by atoms with Crippen molar-refractivity contribution in [3.05, 3.63) is 66.7 Å². The quantitative estimate of drug-likeness (QED) is 0.717. The van der Waals surface area contributed by atoms with Crippen LogP contribution in [0.5, 0.6) is 5.75 Å². The van der Waals surface area contributed by atoms with Gasteiger partial charge < -0.3 is 10.1 Å². The molecule has 0 unspecified atom stereocenters. The van der Waals surface area contributed by atoms with Crippen LogP contribution in [-0.2, 0) is 6.42 Å². The van der Waals surface area contributed by atoms with Crippen LogP contribution in [0.25, 0.3) is 11.3 Å². The van der Waals surface area contributed by atoms with Gasteiger partial charge in [0, 0.05) is 36.5 Å². The fourth-order valence-corrected chi connectivity index (χ4v) is 2.33. The number of nitrogens with zero attached hydrogens (tertiary/aromatic N) is 3. The van der Waals surface area contributed by atoms with Gasteiger partial charge in [0.25, 0.3) is 0 Å². The zero-order valence-corrected chi connectivity index (χ0v) is 13.6. The summed E-state index contributed by atoms with van der Waals surface area (Å²) >= 11 is 0. The van der Waals surface area contributed by atoms with Gasteiger partial charge in [-0.05, 0) is 24.3 Å². The minimum absolute atomic E-state index is 0.293. The fraction of sp³-hybridized carbons (Fsp3) is 0.167. The van der Waals surface area contributed by atoms with Crippen molar-refractivity contribution in [3.8, 4) is 17.0 Å². The molecule has 1 aromatic carbocycles. The van der Waals surface area contributed by atoms with Crippen LogP contribution in [0.3, 0.4) is 0 Å². The van der Waals surface area contributed by atoms with Gasteiger partial charge in [-0.2, -0.15) is 0 Å². The van der Waals surface area contributed by atoms with Crippen LogP contribution in [0.1, 0.15) is 5.69 Å². The number of hydrogen-bond donors (Lipinski definition) is 1. The largest absolute Gasteiger partial charge is 0.573 e. The molecule has 3 rings (SSSR count). The number of anilines is 1. The smallest absolute Gasteiger partial charge is 0.406 e. The van der Waals surface area contributed by atoms with E-state index >= 15 is 0 Å². The van der Waals surface area contributed by atoms with Crippen molar-refractivity contribution in [2.75, 3.05) is 11.9 Å². The normalized spacial score (nSPS) is 11.2. The first-order chi connectivity index (χ1) is 12.5. The maximum Gasteiger partial charge on any atom is 0.573 e. The SMILES string of the molecule is FC(F)(F)Oc1cccc(-c2cc(NCCc3ccccn3)ncn2)c1. The molecular weight excluding hydrogens is 345 g/mol. The van der Waals surface area contributed by atoms with E-state index in [2.05, 4.69) is 25.0 Å². The first-order valence-corrected chi connectivity index (χ1v) is 7.82. The van der Waals surface area contributed by atoms with E-state index < -0.39 is 6.36 Å². The number of halogens is 3. The summed E-state index contributed by atoms with van der Waals surface area (Å²) in [4.78, 5) is 12.5. The lowest BCUT2D eigenvalue weighted by Gasteiger charge is -2.10. The van der Waals surface area contributed by atoms with Crippen molar-refractivity contribution >= 4 is 5.82 Å². The van der Waals surface area contributed by atoms with Gasteiger partial charge in [-0.3, -0.25) is 4.98 Å². The van der Waals surface area contributed by atoms with Gasteiger partial charge >= 0.3 is 6.36 Å². The highest BCUT2D eigenvalue weighted by Crippen LogP contribution is 2.27. The first-order valence-electron chi connectivity index (χ1n) is 7.82. The van der Waals surface area contributed by atoms with Crippen LogP contribution >= 0.6 is 0 Å². The number of aromatic nitrogens is 3. The monoisotopic (exact) mass is 360 g/mol. The van der Waals surface area contributed by atoms with Gasteiger partial charge in [-0.25, -0.2) is 9.97 Å². The summed E-state index contributed by atoms with van der Waals surface area (Å²) in [5.41, 5.74) is 1.95. The zero-order chi connectivity index (χ0) is 18.4. The number of benzene rings is 1. The molecule has 0 saturated heterocycles. The van der Waals surface area contributed by atoms with Crippen molar-refractivity contribution < 1.29 is 17.9 Å². The fourth-order valence-electron chi connectivity index (χ4n) is 2.33. The van der Waals surface area contributed by atoms with Gasteiger partial charge in [0.15, 0.2) is 0 Å². The van der Waals surface area contributed by atoms with E-state index in [1.807, 2.05) is 18.2 Å². The molecular formula is C18H15F3N4O. The average molecular weight is 360 g/mol. The van der Waals surface area contributed by atoms with Crippen LogP contribution in [0.15, 0.2) is 61.1 Å². The number of nitrogens with one attached hydrogen (secondary N) is 1. The standard InChI is InChI=1S/C18H15F3N4O/c19-18(20,21)26-15-6-3-4-13(10-15)16-11-17(25-12-24-16)23-9-7-14-5-1-2-8-22-14/h1-6,8,10-12H,7,9H2,(H,23,24,25). The zero-order valence-electron chi connectivity index (χ0n) is 13.6. The summed E-state index contributed by atoms with van der Waals surface area (Å²) in [7, 11) is 0. The molecule has 0 atom stereocenters. The molecule has 8 heteroatoms. The van der Waals surface area contributed by atoms with E-state index in [0.717, 1.165) is 12.1 Å². The van der Waals surface area contributed by atoms with Gasteiger partial charge in [0.2, 0.25) is 0 Å². The molecule has 0 aliphatic heterocycles. The Labute approximate surface area is 147 Å². The van der Waals surface area contributed by atoms with Crippen molar-refractivity contribution in [2.24, 2.45) is 0 Å². The van der Waals surface area contributed by atoms with Crippen LogP contribution in [0.2, 0.25) is 0 Å². The second-order valence-electron chi connectivity index (χ2n) is 5.36. The number of alkyl halides is 3. The Bertz CT molecular complexity index is 856. The Kier molecular flexibility index (Phi) is 5.31. The van der Waals surface area contributed by atoms with Crippen molar-refractivity contribution in [1.82, 2.24) is 15.0 Å². The Balaban J connectivity index is 1.68. The Morgan fingerprint density at radius 1 is 0.962 bits per heavy atom. The lowest BCUT2D eigenvalue weighted by atomic mass is 10.1. The number of hydrogen-bond acceptors (Lipinski definition) is 5. The molecule has 3 aromatic rings. The third kappa shape index (κ3) is 5.17. The molecule has 0 aliphatic rings.